The molecular formula is C19H22N2O2. The molecule has 23 heavy (non-hydrogen) atoms. The van der Waals surface area contributed by atoms with Gasteiger partial charge < -0.3 is 9.64 Å². The van der Waals surface area contributed by atoms with E-state index < -0.39 is 0 Å². The van der Waals surface area contributed by atoms with Gasteiger partial charge in [0.15, 0.2) is 0 Å². The van der Waals surface area contributed by atoms with E-state index in [4.69, 9.17) is 4.74 Å². The number of rotatable bonds is 4. The molecule has 2 heterocycles. The van der Waals surface area contributed by atoms with Gasteiger partial charge in [-0.2, -0.15) is 0 Å². The van der Waals surface area contributed by atoms with Crippen LogP contribution in [0.3, 0.4) is 0 Å². The second kappa shape index (κ2) is 6.13. The number of ether oxygens (including phenoxy) is 1. The molecule has 0 unspecified atom stereocenters. The summed E-state index contributed by atoms with van der Waals surface area (Å²) in [6, 6.07) is 11.9. The predicted molar refractivity (Wildman–Crippen MR) is 90.3 cm³/mol. The fourth-order valence-corrected chi connectivity index (χ4v) is 3.07. The number of carbonyl (C=O) groups excluding carboxylic acids is 1. The molecule has 1 aliphatic rings. The minimum Gasteiger partial charge on any atom is -0.380 e. The summed E-state index contributed by atoms with van der Waals surface area (Å²) >= 11 is 0. The molecule has 0 bridgehead atoms. The predicted octanol–water partition coefficient (Wildman–Crippen LogP) is 3.17. The molecule has 0 radical (unpaired) electrons. The number of hydrogen-bond acceptors (Lipinski definition) is 3. The molecule has 1 fully saturated rings. The Kier molecular flexibility index (Phi) is 4.18. The van der Waals surface area contributed by atoms with Crippen molar-refractivity contribution in [2.24, 2.45) is 5.41 Å². The van der Waals surface area contributed by atoms with Crippen LogP contribution in [0.2, 0.25) is 0 Å². The third-order valence-corrected chi connectivity index (χ3v) is 4.31. The van der Waals surface area contributed by atoms with Crippen molar-refractivity contribution in [3.8, 4) is 11.1 Å². The third kappa shape index (κ3) is 3.13. The van der Waals surface area contributed by atoms with Crippen molar-refractivity contribution < 1.29 is 9.53 Å². The van der Waals surface area contributed by atoms with Crippen LogP contribution in [0.1, 0.15) is 23.0 Å². The van der Waals surface area contributed by atoms with E-state index in [-0.39, 0.29) is 11.3 Å². The fraction of sp³-hybridized carbons (Fsp3) is 0.368. The van der Waals surface area contributed by atoms with Crippen LogP contribution in [-0.2, 0) is 4.74 Å². The number of amides is 1. The lowest BCUT2D eigenvalue weighted by molar-refractivity contribution is -0.109. The van der Waals surface area contributed by atoms with Crippen LogP contribution in [0, 0.1) is 12.3 Å². The lowest BCUT2D eigenvalue weighted by atomic mass is 9.88. The van der Waals surface area contributed by atoms with Gasteiger partial charge in [0.1, 0.15) is 0 Å². The molecule has 2 aromatic rings. The maximum atomic E-state index is 13.0. The molecule has 0 N–H and O–H groups in total. The van der Waals surface area contributed by atoms with Crippen LogP contribution in [0.15, 0.2) is 42.6 Å². The maximum absolute atomic E-state index is 13.0. The summed E-state index contributed by atoms with van der Waals surface area (Å²) in [5, 5.41) is 0. The first kappa shape index (κ1) is 15.7. The first-order valence-electron chi connectivity index (χ1n) is 7.84. The zero-order valence-corrected chi connectivity index (χ0v) is 13.9. The van der Waals surface area contributed by atoms with Gasteiger partial charge in [-0.1, -0.05) is 37.3 Å². The Morgan fingerprint density at radius 3 is 2.57 bits per heavy atom. The molecule has 1 aliphatic heterocycles. The van der Waals surface area contributed by atoms with Gasteiger partial charge in [0, 0.05) is 25.2 Å². The van der Waals surface area contributed by atoms with Crippen molar-refractivity contribution in [3.63, 3.8) is 0 Å². The molecule has 1 saturated heterocycles. The zero-order chi connectivity index (χ0) is 16.4. The Labute approximate surface area is 137 Å². The van der Waals surface area contributed by atoms with E-state index in [0.29, 0.717) is 25.3 Å². The average molecular weight is 310 g/mol. The minimum absolute atomic E-state index is 0.0163. The molecule has 4 heteroatoms. The van der Waals surface area contributed by atoms with Crippen LogP contribution < -0.4 is 0 Å². The molecule has 1 aromatic heterocycles. The molecule has 3 rings (SSSR count). The van der Waals surface area contributed by atoms with Crippen LogP contribution in [0.25, 0.3) is 11.1 Å². The molecule has 0 spiro atoms. The van der Waals surface area contributed by atoms with Crippen LogP contribution in [-0.4, -0.2) is 42.6 Å². The zero-order valence-electron chi connectivity index (χ0n) is 13.9. The highest BCUT2D eigenvalue weighted by atomic mass is 16.5. The number of nitrogens with zero attached hydrogens (tertiary/aromatic N) is 2. The Bertz CT molecular complexity index is 709. The number of hydrogen-bond donors (Lipinski definition) is 0. The van der Waals surface area contributed by atoms with Crippen LogP contribution in [0.4, 0.5) is 0 Å². The average Bonchev–Trinajstić information content (AvgIpc) is 2.53. The van der Waals surface area contributed by atoms with Gasteiger partial charge in [0.25, 0.3) is 5.91 Å². The number of aryl methyl sites for hydroxylation is 1. The lowest BCUT2D eigenvalue weighted by Gasteiger charge is -2.40. The molecule has 4 nitrogen and oxygen atoms in total. The molecule has 1 amide bonds. The van der Waals surface area contributed by atoms with Crippen LogP contribution >= 0.6 is 0 Å². The van der Waals surface area contributed by atoms with Crippen LogP contribution in [0.5, 0.6) is 0 Å². The quantitative estimate of drug-likeness (QED) is 0.871. The summed E-state index contributed by atoms with van der Waals surface area (Å²) in [4.78, 5) is 19.1. The SMILES string of the molecule is Cc1nccc(-c2ccccc2)c1C(=O)N(C)CC1(C)COC1. The summed E-state index contributed by atoms with van der Waals surface area (Å²) in [5.74, 6) is 0.0163. The first-order chi connectivity index (χ1) is 11.0. The van der Waals surface area contributed by atoms with Gasteiger partial charge in [0.05, 0.1) is 24.5 Å². The van der Waals surface area contributed by atoms with Gasteiger partial charge in [-0.25, -0.2) is 0 Å². The standard InChI is InChI=1S/C19H22N2O2/c1-14-17(18(22)21(3)11-19(2)12-23-13-19)16(9-10-20-14)15-7-5-4-6-8-15/h4-10H,11-13H2,1-3H3. The minimum atomic E-state index is 0.0163. The van der Waals surface area contributed by atoms with Gasteiger partial charge in [-0.3, -0.25) is 9.78 Å². The Morgan fingerprint density at radius 1 is 1.26 bits per heavy atom. The number of carbonyl (C=O) groups is 1. The molecule has 0 saturated carbocycles. The van der Waals surface area contributed by atoms with Gasteiger partial charge in [0.2, 0.25) is 0 Å². The molecular weight excluding hydrogens is 288 g/mol. The summed E-state index contributed by atoms with van der Waals surface area (Å²) in [5.41, 5.74) is 3.48. The second-order valence-corrected chi connectivity index (χ2v) is 6.65. The van der Waals surface area contributed by atoms with E-state index in [2.05, 4.69) is 11.9 Å². The normalized spacial score (nSPS) is 15.8. The molecule has 0 aliphatic carbocycles. The van der Waals surface area contributed by atoms with E-state index in [1.54, 1.807) is 11.1 Å². The van der Waals surface area contributed by atoms with E-state index in [9.17, 15) is 4.79 Å². The summed E-state index contributed by atoms with van der Waals surface area (Å²) in [6.07, 6.45) is 1.76. The van der Waals surface area contributed by atoms with E-state index in [0.717, 1.165) is 16.8 Å². The summed E-state index contributed by atoms with van der Waals surface area (Å²) in [6.45, 7) is 6.15. The van der Waals surface area contributed by atoms with E-state index >= 15 is 0 Å². The topological polar surface area (TPSA) is 42.4 Å². The largest absolute Gasteiger partial charge is 0.380 e. The van der Waals surface area contributed by atoms with Crippen molar-refractivity contribution in [1.82, 2.24) is 9.88 Å². The van der Waals surface area contributed by atoms with Gasteiger partial charge in [-0.05, 0) is 24.1 Å². The Hall–Kier alpha value is -2.20. The number of aromatic nitrogens is 1. The first-order valence-corrected chi connectivity index (χ1v) is 7.84. The Morgan fingerprint density at radius 2 is 1.96 bits per heavy atom. The molecule has 1 aromatic carbocycles. The second-order valence-electron chi connectivity index (χ2n) is 6.65. The van der Waals surface area contributed by atoms with Gasteiger partial charge >= 0.3 is 0 Å². The van der Waals surface area contributed by atoms with Crippen molar-refractivity contribution in [1.29, 1.82) is 0 Å². The smallest absolute Gasteiger partial charge is 0.256 e. The van der Waals surface area contributed by atoms with E-state index in [1.807, 2.05) is 50.4 Å². The fourth-order valence-electron chi connectivity index (χ4n) is 3.07. The summed E-state index contributed by atoms with van der Waals surface area (Å²) < 4.78 is 5.29. The molecule has 120 valence electrons. The monoisotopic (exact) mass is 310 g/mol. The highest BCUT2D eigenvalue weighted by molar-refractivity contribution is 6.01. The Balaban J connectivity index is 1.94. The summed E-state index contributed by atoms with van der Waals surface area (Å²) in [7, 11) is 1.85. The van der Waals surface area contributed by atoms with Crippen molar-refractivity contribution in [2.45, 2.75) is 13.8 Å². The highest BCUT2D eigenvalue weighted by Crippen LogP contribution is 2.30. The van der Waals surface area contributed by atoms with Crippen molar-refractivity contribution in [3.05, 3.63) is 53.9 Å². The third-order valence-electron chi connectivity index (χ3n) is 4.31. The van der Waals surface area contributed by atoms with Crippen molar-refractivity contribution >= 4 is 5.91 Å². The number of pyridine rings is 1. The molecule has 0 atom stereocenters. The van der Waals surface area contributed by atoms with E-state index in [1.165, 1.54) is 0 Å². The lowest BCUT2D eigenvalue weighted by Crippen LogP contribution is -2.49. The number of benzene rings is 1. The van der Waals surface area contributed by atoms with Gasteiger partial charge in [-0.15, -0.1) is 0 Å². The van der Waals surface area contributed by atoms with Crippen molar-refractivity contribution in [2.75, 3.05) is 26.8 Å². The maximum Gasteiger partial charge on any atom is 0.256 e. The highest BCUT2D eigenvalue weighted by Gasteiger charge is 2.36.